The number of rotatable bonds is 6. The second kappa shape index (κ2) is 10.3. The van der Waals surface area contributed by atoms with E-state index < -0.39 is 11.6 Å². The summed E-state index contributed by atoms with van der Waals surface area (Å²) in [6, 6.07) is 9.52. The normalized spacial score (nSPS) is 12.9. The molecule has 0 saturated carbocycles. The molecule has 0 atom stereocenters. The molecule has 1 aromatic heterocycles. The van der Waals surface area contributed by atoms with E-state index in [1.807, 2.05) is 32.0 Å². The summed E-state index contributed by atoms with van der Waals surface area (Å²) in [4.78, 5) is 40.4. The molecule has 0 radical (unpaired) electrons. The van der Waals surface area contributed by atoms with Crippen LogP contribution in [0.1, 0.15) is 37.4 Å². The lowest BCUT2D eigenvalue weighted by Gasteiger charge is -2.29. The van der Waals surface area contributed by atoms with Gasteiger partial charge < -0.3 is 24.1 Å². The number of hydrogen-bond acceptors (Lipinski definition) is 6. The molecular formula is C25H27ClN2O6. The number of halogens is 1. The Morgan fingerprint density at radius 3 is 2.44 bits per heavy atom. The summed E-state index contributed by atoms with van der Waals surface area (Å²) < 4.78 is 11.5. The van der Waals surface area contributed by atoms with Crippen LogP contribution in [0.2, 0.25) is 0 Å². The van der Waals surface area contributed by atoms with Crippen molar-refractivity contribution >= 4 is 35.3 Å². The van der Waals surface area contributed by atoms with Gasteiger partial charge in [-0.3, -0.25) is 4.79 Å². The number of aromatic carboxylic acids is 1. The van der Waals surface area contributed by atoms with Crippen LogP contribution >= 0.6 is 12.4 Å². The number of carbonyl (C=O) groups excluding carboxylic acids is 1. The smallest absolute Gasteiger partial charge is 0.341 e. The number of hydrogen-bond donors (Lipinski definition) is 1. The summed E-state index contributed by atoms with van der Waals surface area (Å²) in [5, 5.41) is 9.90. The van der Waals surface area contributed by atoms with Gasteiger partial charge in [-0.1, -0.05) is 0 Å². The van der Waals surface area contributed by atoms with Crippen molar-refractivity contribution in [3.63, 3.8) is 0 Å². The molecule has 180 valence electrons. The number of nitrogens with zero attached hydrogens (tertiary/aromatic N) is 2. The minimum absolute atomic E-state index is 0. The standard InChI is InChI=1S/C25H26N2O6.ClH/c1-15-12-19-18-8-9-27(23(28)16-4-6-17(7-5-16)24(29)30)14-20(18)25(31)33-22(19)13-21(15)32-11-10-26(2)3;/h4-7,12-13H,8-11,14H2,1-3H3,(H,29,30);1H. The molecule has 34 heavy (non-hydrogen) atoms. The van der Waals surface area contributed by atoms with Gasteiger partial charge in [-0.05, 0) is 68.9 Å². The van der Waals surface area contributed by atoms with Crippen molar-refractivity contribution < 1.29 is 23.8 Å². The van der Waals surface area contributed by atoms with Gasteiger partial charge in [-0.2, -0.15) is 0 Å². The van der Waals surface area contributed by atoms with Gasteiger partial charge in [0.1, 0.15) is 17.9 Å². The summed E-state index contributed by atoms with van der Waals surface area (Å²) in [5.74, 6) is -0.616. The van der Waals surface area contributed by atoms with Gasteiger partial charge in [0.2, 0.25) is 0 Å². The number of amides is 1. The summed E-state index contributed by atoms with van der Waals surface area (Å²) >= 11 is 0. The van der Waals surface area contributed by atoms with Crippen molar-refractivity contribution in [3.05, 3.63) is 74.6 Å². The number of carbonyl (C=O) groups is 2. The molecule has 0 spiro atoms. The van der Waals surface area contributed by atoms with Crippen LogP contribution in [0, 0.1) is 6.92 Å². The van der Waals surface area contributed by atoms with Gasteiger partial charge >= 0.3 is 11.6 Å². The Hall–Kier alpha value is -3.36. The minimum atomic E-state index is -1.05. The third-order valence-corrected chi connectivity index (χ3v) is 5.86. The van der Waals surface area contributed by atoms with Gasteiger partial charge in [-0.25, -0.2) is 9.59 Å². The Kier molecular flexibility index (Phi) is 7.64. The van der Waals surface area contributed by atoms with Crippen molar-refractivity contribution in [2.75, 3.05) is 33.8 Å². The number of fused-ring (bicyclic) bond motifs is 3. The predicted octanol–water partition coefficient (Wildman–Crippen LogP) is 3.36. The summed E-state index contributed by atoms with van der Waals surface area (Å²) in [6.45, 7) is 3.85. The first-order valence-corrected chi connectivity index (χ1v) is 10.7. The molecule has 9 heteroatoms. The minimum Gasteiger partial charge on any atom is -0.492 e. The Morgan fingerprint density at radius 2 is 1.79 bits per heavy atom. The Labute approximate surface area is 203 Å². The number of benzene rings is 2. The summed E-state index contributed by atoms with van der Waals surface area (Å²) in [7, 11) is 3.95. The average Bonchev–Trinajstić information content (AvgIpc) is 2.79. The maximum atomic E-state index is 12.9. The van der Waals surface area contributed by atoms with Gasteiger partial charge in [0, 0.05) is 30.1 Å². The first-order valence-electron chi connectivity index (χ1n) is 10.7. The maximum absolute atomic E-state index is 12.9. The maximum Gasteiger partial charge on any atom is 0.341 e. The molecule has 1 amide bonds. The molecule has 0 fully saturated rings. The van der Waals surface area contributed by atoms with Crippen molar-refractivity contribution in [2.24, 2.45) is 0 Å². The summed E-state index contributed by atoms with van der Waals surface area (Å²) in [5.41, 5.74) is 2.84. The van der Waals surface area contributed by atoms with E-state index >= 15 is 0 Å². The molecule has 0 saturated heterocycles. The molecule has 2 heterocycles. The van der Waals surface area contributed by atoms with E-state index in [1.165, 1.54) is 24.3 Å². The highest BCUT2D eigenvalue weighted by atomic mass is 35.5. The van der Waals surface area contributed by atoms with Gasteiger partial charge in [0.25, 0.3) is 5.91 Å². The van der Waals surface area contributed by atoms with E-state index in [-0.39, 0.29) is 30.4 Å². The average molecular weight is 487 g/mol. The molecule has 8 nitrogen and oxygen atoms in total. The highest BCUT2D eigenvalue weighted by molar-refractivity contribution is 5.96. The van der Waals surface area contributed by atoms with Crippen molar-refractivity contribution in [2.45, 2.75) is 19.9 Å². The lowest BCUT2D eigenvalue weighted by molar-refractivity contribution is 0.0692. The third kappa shape index (κ3) is 5.08. The number of likely N-dealkylation sites (N-methyl/N-ethyl adjacent to an activating group) is 1. The van der Waals surface area contributed by atoms with E-state index in [9.17, 15) is 14.4 Å². The van der Waals surface area contributed by atoms with Crippen LogP contribution in [0.25, 0.3) is 11.0 Å². The molecule has 4 rings (SSSR count). The molecule has 0 aliphatic carbocycles. The number of ether oxygens (including phenoxy) is 1. The Bertz CT molecular complexity index is 1280. The quantitative estimate of drug-likeness (QED) is 0.533. The lowest BCUT2D eigenvalue weighted by Crippen LogP contribution is -2.38. The molecule has 3 aromatic rings. The summed E-state index contributed by atoms with van der Waals surface area (Å²) in [6.07, 6.45) is 0.524. The molecular weight excluding hydrogens is 460 g/mol. The van der Waals surface area contributed by atoms with Crippen LogP contribution in [0.5, 0.6) is 5.75 Å². The molecule has 1 N–H and O–H groups in total. The van der Waals surface area contributed by atoms with Gasteiger partial charge in [-0.15, -0.1) is 12.4 Å². The van der Waals surface area contributed by atoms with Crippen LogP contribution in [0.3, 0.4) is 0 Å². The van der Waals surface area contributed by atoms with Crippen LogP contribution in [0.15, 0.2) is 45.6 Å². The fourth-order valence-corrected chi connectivity index (χ4v) is 4.00. The molecule has 1 aliphatic rings. The van der Waals surface area contributed by atoms with Crippen molar-refractivity contribution in [1.29, 1.82) is 0 Å². The van der Waals surface area contributed by atoms with Crippen molar-refractivity contribution in [1.82, 2.24) is 9.80 Å². The third-order valence-electron chi connectivity index (χ3n) is 5.86. The van der Waals surface area contributed by atoms with Gasteiger partial charge in [0.05, 0.1) is 17.7 Å². The van der Waals surface area contributed by atoms with Crippen LogP contribution in [-0.2, 0) is 13.0 Å². The molecule has 0 unspecified atom stereocenters. The van der Waals surface area contributed by atoms with E-state index in [0.717, 1.165) is 23.1 Å². The molecule has 2 aromatic carbocycles. The number of carboxylic acids is 1. The number of carboxylic acid groups (broad SMARTS) is 1. The zero-order valence-corrected chi connectivity index (χ0v) is 20.1. The topological polar surface area (TPSA) is 100 Å². The fourth-order valence-electron chi connectivity index (χ4n) is 4.00. The Balaban J connectivity index is 0.00000324. The van der Waals surface area contributed by atoms with Crippen LogP contribution in [0.4, 0.5) is 0 Å². The lowest BCUT2D eigenvalue weighted by atomic mass is 9.96. The number of aryl methyl sites for hydroxylation is 1. The van der Waals surface area contributed by atoms with Crippen molar-refractivity contribution in [3.8, 4) is 5.75 Å². The highest BCUT2D eigenvalue weighted by Gasteiger charge is 2.27. The Morgan fingerprint density at radius 1 is 1.12 bits per heavy atom. The zero-order valence-electron chi connectivity index (χ0n) is 19.3. The first-order chi connectivity index (χ1) is 15.7. The first kappa shape index (κ1) is 25.3. The molecule has 0 bridgehead atoms. The van der Waals surface area contributed by atoms with E-state index in [1.54, 1.807) is 11.0 Å². The van der Waals surface area contributed by atoms with E-state index in [4.69, 9.17) is 14.3 Å². The fraction of sp³-hybridized carbons (Fsp3) is 0.320. The second-order valence-corrected chi connectivity index (χ2v) is 8.47. The van der Waals surface area contributed by atoms with Gasteiger partial charge in [0.15, 0.2) is 0 Å². The zero-order chi connectivity index (χ0) is 23.7. The predicted molar refractivity (Wildman–Crippen MR) is 130 cm³/mol. The SMILES string of the molecule is Cc1cc2c3c(c(=O)oc2cc1OCCN(C)C)CN(C(=O)c1ccc(C(=O)O)cc1)CC3.Cl. The highest BCUT2D eigenvalue weighted by Crippen LogP contribution is 2.31. The largest absolute Gasteiger partial charge is 0.492 e. The second-order valence-electron chi connectivity index (χ2n) is 8.47. The van der Waals surface area contributed by atoms with E-state index in [0.29, 0.717) is 42.0 Å². The van der Waals surface area contributed by atoms with E-state index in [2.05, 4.69) is 0 Å². The molecule has 1 aliphatic heterocycles. The monoisotopic (exact) mass is 486 g/mol. The van der Waals surface area contributed by atoms with Crippen LogP contribution in [-0.4, -0.2) is 60.6 Å². The van der Waals surface area contributed by atoms with Crippen LogP contribution < -0.4 is 10.4 Å².